The molecule has 44 heavy (non-hydrogen) atoms. The minimum absolute atomic E-state index is 0.0149. The highest BCUT2D eigenvalue weighted by atomic mass is 35.5. The fraction of sp³-hybridized carbons (Fsp3) is 0.0333. The highest BCUT2D eigenvalue weighted by Gasteiger charge is 2.18. The van der Waals surface area contributed by atoms with Crippen molar-refractivity contribution >= 4 is 44.2 Å². The number of nitrogens with two attached hydrogens (primary N) is 1. The van der Waals surface area contributed by atoms with Crippen molar-refractivity contribution < 1.29 is 17.5 Å². The molecular weight excluding hydrogens is 609 g/mol. The van der Waals surface area contributed by atoms with E-state index < -0.39 is 15.8 Å². The Labute approximate surface area is 255 Å². The topological polar surface area (TPSA) is 155 Å². The number of benzene rings is 3. The molecule has 222 valence electrons. The maximum Gasteiger partial charge on any atom is 0.263 e. The van der Waals surface area contributed by atoms with Crippen LogP contribution in [0.3, 0.4) is 0 Å². The fourth-order valence-corrected chi connectivity index (χ4v) is 5.52. The van der Waals surface area contributed by atoms with Crippen molar-refractivity contribution in [3.63, 3.8) is 0 Å². The van der Waals surface area contributed by atoms with E-state index in [0.29, 0.717) is 39.3 Å². The van der Waals surface area contributed by atoms with Crippen molar-refractivity contribution in [1.29, 1.82) is 0 Å². The molecule has 0 fully saturated rings. The van der Waals surface area contributed by atoms with Crippen molar-refractivity contribution in [3.8, 4) is 22.6 Å². The minimum Gasteiger partial charge on any atom is -0.495 e. The van der Waals surface area contributed by atoms with Gasteiger partial charge in [0.2, 0.25) is 0 Å². The molecule has 0 spiro atoms. The van der Waals surface area contributed by atoms with Crippen molar-refractivity contribution in [1.82, 2.24) is 24.5 Å². The van der Waals surface area contributed by atoms with Crippen LogP contribution in [0.25, 0.3) is 27.7 Å². The van der Waals surface area contributed by atoms with Gasteiger partial charge in [-0.1, -0.05) is 17.7 Å². The van der Waals surface area contributed by atoms with Gasteiger partial charge < -0.3 is 10.5 Å². The van der Waals surface area contributed by atoms with Gasteiger partial charge in [-0.05, 0) is 77.9 Å². The van der Waals surface area contributed by atoms with Crippen molar-refractivity contribution in [2.45, 2.75) is 4.90 Å². The van der Waals surface area contributed by atoms with E-state index in [-0.39, 0.29) is 21.3 Å². The summed E-state index contributed by atoms with van der Waals surface area (Å²) in [5.74, 6) is 0.531. The van der Waals surface area contributed by atoms with Crippen LogP contribution in [0.2, 0.25) is 5.02 Å². The van der Waals surface area contributed by atoms with E-state index in [1.807, 2.05) is 0 Å². The van der Waals surface area contributed by atoms with Crippen LogP contribution < -0.4 is 20.8 Å². The molecule has 3 N–H and O–H groups in total. The van der Waals surface area contributed by atoms with E-state index >= 15 is 0 Å². The molecule has 0 saturated carbocycles. The number of ether oxygens (including phenoxy) is 1. The summed E-state index contributed by atoms with van der Waals surface area (Å²) in [7, 11) is -2.49. The highest BCUT2D eigenvalue weighted by molar-refractivity contribution is 7.92. The van der Waals surface area contributed by atoms with Crippen LogP contribution in [-0.2, 0) is 10.0 Å². The SMILES string of the molecule is COc1ccc(-c2cc(F)cc(Cl)c2)cc1-n1c(=O)ccc2cc(S(=O)(=O)Nc3ccncn3)ccc21.Nc1ccncn1. The summed E-state index contributed by atoms with van der Waals surface area (Å²) >= 11 is 6.04. The highest BCUT2D eigenvalue weighted by Crippen LogP contribution is 2.32. The molecule has 0 atom stereocenters. The third kappa shape index (κ3) is 6.80. The summed E-state index contributed by atoms with van der Waals surface area (Å²) in [6.07, 6.45) is 5.66. The first-order valence-corrected chi connectivity index (χ1v) is 14.6. The maximum absolute atomic E-state index is 14.0. The summed E-state index contributed by atoms with van der Waals surface area (Å²) in [5, 5.41) is 0.727. The number of hydrogen-bond acceptors (Lipinski definition) is 9. The van der Waals surface area contributed by atoms with Gasteiger partial charge in [0.15, 0.2) is 0 Å². The van der Waals surface area contributed by atoms with Crippen LogP contribution in [0.15, 0.2) is 114 Å². The Morgan fingerprint density at radius 1 is 0.886 bits per heavy atom. The second-order valence-corrected chi connectivity index (χ2v) is 11.2. The molecule has 14 heteroatoms. The quantitative estimate of drug-likeness (QED) is 0.255. The van der Waals surface area contributed by atoms with E-state index in [0.717, 1.165) is 0 Å². The Balaban J connectivity index is 0.000000484. The molecule has 0 aliphatic carbocycles. The zero-order valence-electron chi connectivity index (χ0n) is 22.9. The summed E-state index contributed by atoms with van der Waals surface area (Å²) < 4.78 is 49.2. The monoisotopic (exact) mass is 631 g/mol. The first-order chi connectivity index (χ1) is 21.1. The molecule has 0 radical (unpaired) electrons. The van der Waals surface area contributed by atoms with Crippen LogP contribution >= 0.6 is 11.6 Å². The van der Waals surface area contributed by atoms with Gasteiger partial charge in [0.1, 0.15) is 35.9 Å². The lowest BCUT2D eigenvalue weighted by Gasteiger charge is -2.16. The van der Waals surface area contributed by atoms with Crippen LogP contribution in [0.1, 0.15) is 0 Å². The number of hydrogen-bond donors (Lipinski definition) is 2. The molecule has 11 nitrogen and oxygen atoms in total. The fourth-order valence-electron chi connectivity index (χ4n) is 4.25. The Hall–Kier alpha value is -5.40. The van der Waals surface area contributed by atoms with E-state index in [1.54, 1.807) is 42.6 Å². The Morgan fingerprint density at radius 3 is 2.30 bits per heavy atom. The van der Waals surface area contributed by atoms with Crippen molar-refractivity contribution in [2.75, 3.05) is 17.6 Å². The average Bonchev–Trinajstić information content (AvgIpc) is 3.01. The molecule has 3 aromatic carbocycles. The van der Waals surface area contributed by atoms with E-state index in [1.165, 1.54) is 73.0 Å². The number of anilines is 2. The number of pyridine rings is 1. The van der Waals surface area contributed by atoms with Gasteiger partial charge in [0.25, 0.3) is 15.6 Å². The van der Waals surface area contributed by atoms with Crippen LogP contribution in [0, 0.1) is 5.82 Å². The Kier molecular flexibility index (Phi) is 8.78. The molecule has 0 amide bonds. The molecule has 0 aliphatic heterocycles. The predicted octanol–water partition coefficient (Wildman–Crippen LogP) is 5.11. The van der Waals surface area contributed by atoms with Gasteiger partial charge in [0.05, 0.1) is 23.2 Å². The van der Waals surface area contributed by atoms with E-state index in [9.17, 15) is 17.6 Å². The summed E-state index contributed by atoms with van der Waals surface area (Å²) in [5.41, 5.74) is 6.81. The normalized spacial score (nSPS) is 11.0. The Morgan fingerprint density at radius 2 is 1.66 bits per heavy atom. The molecular formula is C30H23ClFN7O4S. The van der Waals surface area contributed by atoms with Gasteiger partial charge in [0, 0.05) is 28.9 Å². The van der Waals surface area contributed by atoms with Gasteiger partial charge in [-0.25, -0.2) is 32.7 Å². The summed E-state index contributed by atoms with van der Waals surface area (Å²) in [6.45, 7) is 0. The van der Waals surface area contributed by atoms with Gasteiger partial charge in [-0.3, -0.25) is 14.1 Å². The second kappa shape index (κ2) is 12.9. The lowest BCUT2D eigenvalue weighted by Crippen LogP contribution is -2.19. The predicted molar refractivity (Wildman–Crippen MR) is 166 cm³/mol. The first kappa shape index (κ1) is 30.1. The van der Waals surface area contributed by atoms with Gasteiger partial charge in [-0.15, -0.1) is 0 Å². The van der Waals surface area contributed by atoms with Gasteiger partial charge >= 0.3 is 0 Å². The second-order valence-electron chi connectivity index (χ2n) is 9.11. The molecule has 6 aromatic rings. The molecule has 3 heterocycles. The average molecular weight is 632 g/mol. The number of sulfonamides is 1. The number of methoxy groups -OCH3 is 1. The van der Waals surface area contributed by atoms with Crippen LogP contribution in [-0.4, -0.2) is 40.0 Å². The van der Waals surface area contributed by atoms with Gasteiger partial charge in [-0.2, -0.15) is 0 Å². The first-order valence-electron chi connectivity index (χ1n) is 12.8. The smallest absolute Gasteiger partial charge is 0.263 e. The maximum atomic E-state index is 14.0. The largest absolute Gasteiger partial charge is 0.495 e. The number of nitrogens with zero attached hydrogens (tertiary/aromatic N) is 5. The van der Waals surface area contributed by atoms with E-state index in [2.05, 4.69) is 24.7 Å². The molecule has 0 bridgehead atoms. The van der Waals surface area contributed by atoms with Crippen molar-refractivity contribution in [2.24, 2.45) is 0 Å². The Bertz CT molecular complexity index is 2100. The number of halogens is 2. The number of fused-ring (bicyclic) bond motifs is 1. The third-order valence-corrected chi connectivity index (χ3v) is 7.79. The molecule has 0 unspecified atom stereocenters. The summed E-state index contributed by atoms with van der Waals surface area (Å²) in [6, 6.07) is 19.6. The lowest BCUT2D eigenvalue weighted by molar-refractivity contribution is 0.413. The molecule has 0 saturated heterocycles. The summed E-state index contributed by atoms with van der Waals surface area (Å²) in [4.78, 5) is 28.0. The molecule has 3 aromatic heterocycles. The zero-order valence-corrected chi connectivity index (χ0v) is 24.5. The number of aromatic nitrogens is 5. The van der Waals surface area contributed by atoms with Crippen LogP contribution in [0.4, 0.5) is 16.0 Å². The standard InChI is InChI=1S/C26H18ClFN4O4S.C4H5N3/c1-36-24-6-2-16(18-10-19(27)14-20(28)11-18)13-23(24)32-22-5-4-21(12-17(22)3-7-26(32)33)37(34,35)31-25-8-9-29-15-30-25;5-4-1-2-6-3-7-4/h2-15H,1H3,(H,29,30,31);1-3H,(H2,5,6,7). The van der Waals surface area contributed by atoms with Crippen LogP contribution in [0.5, 0.6) is 5.75 Å². The minimum atomic E-state index is -3.96. The number of nitrogens with one attached hydrogen (secondary N) is 1. The number of nitrogen functional groups attached to an aromatic ring is 1. The van der Waals surface area contributed by atoms with Crippen molar-refractivity contribution in [3.05, 3.63) is 125 Å². The third-order valence-electron chi connectivity index (χ3n) is 6.22. The molecule has 0 aliphatic rings. The zero-order chi connectivity index (χ0) is 31.3. The number of rotatable bonds is 6. The lowest BCUT2D eigenvalue weighted by atomic mass is 10.0. The van der Waals surface area contributed by atoms with E-state index in [4.69, 9.17) is 22.1 Å². The molecule has 6 rings (SSSR count).